The topological polar surface area (TPSA) is 85.1 Å². The van der Waals surface area contributed by atoms with Crippen LogP contribution in [-0.2, 0) is 9.53 Å². The first-order chi connectivity index (χ1) is 19.2. The molecule has 1 aromatic carbocycles. The molecule has 0 unspecified atom stereocenters. The quantitative estimate of drug-likeness (QED) is 0.462. The van der Waals surface area contributed by atoms with Crippen molar-refractivity contribution in [2.24, 2.45) is 5.92 Å². The molecule has 0 N–H and O–H groups in total. The number of carbonyl (C=O) groups is 1. The summed E-state index contributed by atoms with van der Waals surface area (Å²) < 4.78 is 14.1. The van der Waals surface area contributed by atoms with E-state index in [1.165, 1.54) is 11.3 Å². The average molecular weight is 547 g/mol. The van der Waals surface area contributed by atoms with Gasteiger partial charge in [0.25, 0.3) is 5.78 Å². The molecule has 2 aliphatic heterocycles. The number of aromatic nitrogens is 4. The molecule has 3 atom stereocenters. The summed E-state index contributed by atoms with van der Waals surface area (Å²) in [7, 11) is 0. The number of nitrogens with zero attached hydrogens (tertiary/aromatic N) is 6. The van der Waals surface area contributed by atoms with E-state index in [2.05, 4.69) is 58.1 Å². The number of amides is 1. The minimum Gasteiger partial charge on any atom is -0.485 e. The molecule has 0 bridgehead atoms. The summed E-state index contributed by atoms with van der Waals surface area (Å²) >= 11 is 0. The second-order valence-corrected chi connectivity index (χ2v) is 12.1. The van der Waals surface area contributed by atoms with Gasteiger partial charge in [-0.3, -0.25) is 4.79 Å². The van der Waals surface area contributed by atoms with Gasteiger partial charge in [-0.25, -0.2) is 4.98 Å². The highest BCUT2D eigenvalue weighted by Gasteiger charge is 2.33. The normalized spacial score (nSPS) is 27.4. The average Bonchev–Trinajstić information content (AvgIpc) is 3.56. The molecule has 4 heterocycles. The molecule has 1 amide bonds. The van der Waals surface area contributed by atoms with Crippen molar-refractivity contribution >= 4 is 17.4 Å². The molecule has 0 radical (unpaired) electrons. The van der Waals surface area contributed by atoms with Crippen LogP contribution in [-0.4, -0.2) is 74.9 Å². The van der Waals surface area contributed by atoms with Crippen LogP contribution in [0.4, 0.5) is 5.69 Å². The van der Waals surface area contributed by atoms with Gasteiger partial charge in [0.15, 0.2) is 5.75 Å². The Morgan fingerprint density at radius 3 is 2.33 bits per heavy atom. The van der Waals surface area contributed by atoms with E-state index in [0.29, 0.717) is 23.4 Å². The molecular formula is C31H42N6O3. The number of anilines is 1. The van der Waals surface area contributed by atoms with E-state index in [9.17, 15) is 4.79 Å². The van der Waals surface area contributed by atoms with Gasteiger partial charge in [0, 0.05) is 37.7 Å². The summed E-state index contributed by atoms with van der Waals surface area (Å²) in [4.78, 5) is 26.6. The maximum atomic E-state index is 13.2. The molecule has 40 heavy (non-hydrogen) atoms. The van der Waals surface area contributed by atoms with Gasteiger partial charge in [-0.15, -0.1) is 5.10 Å². The third kappa shape index (κ3) is 5.40. The van der Waals surface area contributed by atoms with Crippen LogP contribution in [0.15, 0.2) is 24.3 Å². The van der Waals surface area contributed by atoms with Crippen LogP contribution < -0.4 is 9.64 Å². The lowest BCUT2D eigenvalue weighted by atomic mass is 9.78. The minimum absolute atomic E-state index is 0.103. The molecule has 3 aliphatic rings. The van der Waals surface area contributed by atoms with E-state index in [1.807, 2.05) is 25.7 Å². The first-order valence-corrected chi connectivity index (χ1v) is 14.9. The number of morpholine rings is 1. The van der Waals surface area contributed by atoms with Crippen molar-refractivity contribution in [1.82, 2.24) is 24.5 Å². The number of hydrogen-bond acceptors (Lipinski definition) is 7. The lowest BCUT2D eigenvalue weighted by Crippen LogP contribution is -2.50. The van der Waals surface area contributed by atoms with Gasteiger partial charge in [-0.05, 0) is 83.9 Å². The van der Waals surface area contributed by atoms with E-state index in [4.69, 9.17) is 9.47 Å². The highest BCUT2D eigenvalue weighted by molar-refractivity contribution is 5.79. The Hall–Kier alpha value is -3.20. The van der Waals surface area contributed by atoms with Gasteiger partial charge >= 0.3 is 0 Å². The van der Waals surface area contributed by atoms with Gasteiger partial charge in [0.05, 0.1) is 30.1 Å². The van der Waals surface area contributed by atoms with Gasteiger partial charge in [0.2, 0.25) is 5.91 Å². The van der Waals surface area contributed by atoms with Crippen molar-refractivity contribution in [3.63, 3.8) is 0 Å². The van der Waals surface area contributed by atoms with Crippen molar-refractivity contribution < 1.29 is 14.3 Å². The molecule has 2 aromatic heterocycles. The summed E-state index contributed by atoms with van der Waals surface area (Å²) in [5, 5.41) is 4.47. The maximum absolute atomic E-state index is 13.2. The van der Waals surface area contributed by atoms with E-state index < -0.39 is 0 Å². The molecule has 9 heteroatoms. The predicted molar refractivity (Wildman–Crippen MR) is 154 cm³/mol. The highest BCUT2D eigenvalue weighted by atomic mass is 16.5. The van der Waals surface area contributed by atoms with Crippen LogP contribution in [0.3, 0.4) is 0 Å². The summed E-state index contributed by atoms with van der Waals surface area (Å²) in [5.74, 6) is 3.16. The molecule has 3 aromatic rings. The Morgan fingerprint density at radius 1 is 0.925 bits per heavy atom. The molecule has 6 rings (SSSR count). The second-order valence-electron chi connectivity index (χ2n) is 12.1. The van der Waals surface area contributed by atoms with Crippen molar-refractivity contribution in [3.05, 3.63) is 47.0 Å². The largest absolute Gasteiger partial charge is 0.485 e. The van der Waals surface area contributed by atoms with Gasteiger partial charge in [-0.2, -0.15) is 9.50 Å². The summed E-state index contributed by atoms with van der Waals surface area (Å²) in [6.07, 6.45) is 5.42. The van der Waals surface area contributed by atoms with Crippen LogP contribution in [0.25, 0.3) is 5.78 Å². The molecule has 2 saturated heterocycles. The Labute approximate surface area is 236 Å². The van der Waals surface area contributed by atoms with Crippen LogP contribution in [0.1, 0.15) is 74.6 Å². The molecule has 1 saturated carbocycles. The maximum Gasteiger partial charge on any atom is 0.253 e. The molecule has 1 aliphatic carbocycles. The number of benzene rings is 1. The number of aryl methyl sites for hydroxylation is 3. The Balaban J connectivity index is 1.03. The number of hydrogen-bond donors (Lipinski definition) is 0. The lowest BCUT2D eigenvalue weighted by molar-refractivity contribution is -0.148. The summed E-state index contributed by atoms with van der Waals surface area (Å²) in [5.41, 5.74) is 4.43. The zero-order chi connectivity index (χ0) is 28.0. The zero-order valence-electron chi connectivity index (χ0n) is 24.5. The molecule has 0 spiro atoms. The van der Waals surface area contributed by atoms with Crippen molar-refractivity contribution in [2.45, 2.75) is 91.0 Å². The SMILES string of the molecule is Cc1nc2nc(C)c(O[C@@H]3CCN(c4ccc(C5CCC(C(=O)N6C[C@@H](C)O[C@@H](C)C6)CC5)cc4)C3)c(C)n2n1. The Kier molecular flexibility index (Phi) is 7.42. The van der Waals surface area contributed by atoms with Crippen LogP contribution in [0.2, 0.25) is 0 Å². The first-order valence-electron chi connectivity index (χ1n) is 14.9. The summed E-state index contributed by atoms with van der Waals surface area (Å²) in [6.45, 7) is 13.2. The third-order valence-electron chi connectivity index (χ3n) is 8.91. The van der Waals surface area contributed by atoms with Crippen LogP contribution >= 0.6 is 0 Å². The fraction of sp³-hybridized carbons (Fsp3) is 0.613. The zero-order valence-corrected chi connectivity index (χ0v) is 24.5. The van der Waals surface area contributed by atoms with Crippen molar-refractivity contribution in [3.8, 4) is 5.75 Å². The fourth-order valence-corrected chi connectivity index (χ4v) is 6.90. The number of rotatable bonds is 5. The first kappa shape index (κ1) is 27.0. The second kappa shape index (κ2) is 11.0. The van der Waals surface area contributed by atoms with Crippen LogP contribution in [0, 0.1) is 26.7 Å². The minimum atomic E-state index is 0.103. The number of ether oxygens (including phenoxy) is 2. The predicted octanol–water partition coefficient (Wildman–Crippen LogP) is 4.62. The molecule has 9 nitrogen and oxygen atoms in total. The Morgan fingerprint density at radius 2 is 1.62 bits per heavy atom. The Bertz CT molecular complexity index is 1350. The summed E-state index contributed by atoms with van der Waals surface area (Å²) in [6, 6.07) is 9.10. The third-order valence-corrected chi connectivity index (χ3v) is 8.91. The fourth-order valence-electron chi connectivity index (χ4n) is 6.90. The van der Waals surface area contributed by atoms with Gasteiger partial charge < -0.3 is 19.3 Å². The smallest absolute Gasteiger partial charge is 0.253 e. The molecular weight excluding hydrogens is 504 g/mol. The molecule has 3 fully saturated rings. The van der Waals surface area contributed by atoms with Gasteiger partial charge in [0.1, 0.15) is 11.9 Å². The standard InChI is InChI=1S/C31H42N6O3/c1-19-16-36(17-20(2)39-19)30(38)26-8-6-24(7-9-26)25-10-12-27(13-11-25)35-15-14-28(18-35)40-29-21(3)32-31-33-23(5)34-37(31)22(29)4/h10-13,19-20,24,26,28H,6-9,14-18H2,1-5H3/t19-,20+,24?,26?,28-/m1/s1. The molecule has 214 valence electrons. The van der Waals surface area contributed by atoms with E-state index in [0.717, 1.165) is 75.4 Å². The van der Waals surface area contributed by atoms with Gasteiger partial charge in [-0.1, -0.05) is 12.1 Å². The monoisotopic (exact) mass is 546 g/mol. The van der Waals surface area contributed by atoms with E-state index in [1.54, 1.807) is 4.52 Å². The van der Waals surface area contributed by atoms with Crippen molar-refractivity contribution in [1.29, 1.82) is 0 Å². The van der Waals surface area contributed by atoms with E-state index in [-0.39, 0.29) is 24.2 Å². The lowest BCUT2D eigenvalue weighted by Gasteiger charge is -2.38. The number of carbonyl (C=O) groups excluding carboxylic acids is 1. The highest BCUT2D eigenvalue weighted by Crippen LogP contribution is 2.38. The number of fused-ring (bicyclic) bond motifs is 1. The van der Waals surface area contributed by atoms with E-state index >= 15 is 0 Å². The van der Waals surface area contributed by atoms with Crippen molar-refractivity contribution in [2.75, 3.05) is 31.1 Å². The van der Waals surface area contributed by atoms with Crippen LogP contribution in [0.5, 0.6) is 5.75 Å².